The molecule has 6 heteroatoms. The van der Waals surface area contributed by atoms with Crippen LogP contribution in [0.2, 0.25) is 0 Å². The van der Waals surface area contributed by atoms with Crippen LogP contribution < -0.4 is 5.32 Å². The van der Waals surface area contributed by atoms with Gasteiger partial charge in [-0.25, -0.2) is 8.42 Å². The van der Waals surface area contributed by atoms with Crippen LogP contribution >= 0.6 is 0 Å². The maximum absolute atomic E-state index is 12.3. The van der Waals surface area contributed by atoms with Crippen LogP contribution in [0.4, 0.5) is 5.69 Å². The van der Waals surface area contributed by atoms with Crippen LogP contribution in [0.25, 0.3) is 0 Å². The van der Waals surface area contributed by atoms with E-state index in [0.29, 0.717) is 6.61 Å². The predicted octanol–water partition coefficient (Wildman–Crippen LogP) is 1.38. The van der Waals surface area contributed by atoms with Crippen molar-refractivity contribution in [1.29, 1.82) is 0 Å². The number of sulfonamides is 1. The van der Waals surface area contributed by atoms with E-state index in [1.54, 1.807) is 45.5 Å². The molecule has 0 aliphatic carbocycles. The van der Waals surface area contributed by atoms with E-state index in [1.807, 2.05) is 6.92 Å². The second kappa shape index (κ2) is 6.17. The molecule has 0 amide bonds. The SMILES string of the molecule is CNc1ccc(S(=O)(=O)N(C)C(C)COC)cc1. The van der Waals surface area contributed by atoms with Gasteiger partial charge in [-0.1, -0.05) is 0 Å². The van der Waals surface area contributed by atoms with E-state index >= 15 is 0 Å². The summed E-state index contributed by atoms with van der Waals surface area (Å²) in [4.78, 5) is 0.284. The predicted molar refractivity (Wildman–Crippen MR) is 72.3 cm³/mol. The van der Waals surface area contributed by atoms with Gasteiger partial charge in [0.25, 0.3) is 0 Å². The summed E-state index contributed by atoms with van der Waals surface area (Å²) in [5.41, 5.74) is 0.876. The summed E-state index contributed by atoms with van der Waals surface area (Å²) in [6, 6.07) is 6.46. The van der Waals surface area contributed by atoms with E-state index in [-0.39, 0.29) is 10.9 Å². The molecule has 0 bridgehead atoms. The number of rotatable bonds is 6. The molecule has 1 unspecified atom stereocenters. The first-order chi connectivity index (χ1) is 8.43. The Morgan fingerprint density at radius 1 is 1.33 bits per heavy atom. The number of methoxy groups -OCH3 is 1. The van der Waals surface area contributed by atoms with Crippen LogP contribution in [0.1, 0.15) is 6.92 Å². The molecule has 0 aliphatic heterocycles. The number of hydrogen-bond acceptors (Lipinski definition) is 4. The lowest BCUT2D eigenvalue weighted by Crippen LogP contribution is -2.37. The highest BCUT2D eigenvalue weighted by atomic mass is 32.2. The second-order valence-corrected chi connectivity index (χ2v) is 6.10. The summed E-state index contributed by atoms with van der Waals surface area (Å²) in [6.07, 6.45) is 0. The van der Waals surface area contributed by atoms with Gasteiger partial charge >= 0.3 is 0 Å². The Morgan fingerprint density at radius 2 is 1.89 bits per heavy atom. The smallest absolute Gasteiger partial charge is 0.243 e. The normalized spacial score (nSPS) is 13.6. The van der Waals surface area contributed by atoms with Gasteiger partial charge in [0.05, 0.1) is 11.5 Å². The molecule has 18 heavy (non-hydrogen) atoms. The van der Waals surface area contributed by atoms with Gasteiger partial charge in [0.2, 0.25) is 10.0 Å². The Labute approximate surface area is 109 Å². The van der Waals surface area contributed by atoms with Gasteiger partial charge < -0.3 is 10.1 Å². The first-order valence-electron chi connectivity index (χ1n) is 5.68. The first kappa shape index (κ1) is 14.9. The van der Waals surface area contributed by atoms with Gasteiger partial charge in [0.15, 0.2) is 0 Å². The minimum absolute atomic E-state index is 0.205. The van der Waals surface area contributed by atoms with Crippen molar-refractivity contribution in [2.45, 2.75) is 17.9 Å². The van der Waals surface area contributed by atoms with Crippen molar-refractivity contribution in [3.8, 4) is 0 Å². The molecule has 0 saturated heterocycles. The van der Waals surface area contributed by atoms with Crippen molar-refractivity contribution in [1.82, 2.24) is 4.31 Å². The van der Waals surface area contributed by atoms with Crippen LogP contribution in [0.5, 0.6) is 0 Å². The number of nitrogens with zero attached hydrogens (tertiary/aromatic N) is 1. The zero-order valence-electron chi connectivity index (χ0n) is 11.2. The molecule has 0 aromatic heterocycles. The van der Waals surface area contributed by atoms with Crippen LogP contribution in [-0.2, 0) is 14.8 Å². The molecule has 1 N–H and O–H groups in total. The van der Waals surface area contributed by atoms with Crippen LogP contribution in [0.3, 0.4) is 0 Å². The first-order valence-corrected chi connectivity index (χ1v) is 7.12. The molecule has 1 aromatic rings. The van der Waals surface area contributed by atoms with E-state index in [4.69, 9.17) is 4.74 Å². The lowest BCUT2D eigenvalue weighted by molar-refractivity contribution is 0.149. The minimum Gasteiger partial charge on any atom is -0.388 e. The molecular weight excluding hydrogens is 252 g/mol. The lowest BCUT2D eigenvalue weighted by atomic mass is 10.3. The van der Waals surface area contributed by atoms with Crippen molar-refractivity contribution in [2.75, 3.05) is 33.1 Å². The van der Waals surface area contributed by atoms with Gasteiger partial charge in [-0.05, 0) is 31.2 Å². The monoisotopic (exact) mass is 272 g/mol. The van der Waals surface area contributed by atoms with Crippen molar-refractivity contribution >= 4 is 15.7 Å². The number of hydrogen-bond donors (Lipinski definition) is 1. The highest BCUT2D eigenvalue weighted by molar-refractivity contribution is 7.89. The third kappa shape index (κ3) is 3.22. The van der Waals surface area contributed by atoms with E-state index < -0.39 is 10.0 Å². The minimum atomic E-state index is -3.46. The third-order valence-corrected chi connectivity index (χ3v) is 4.83. The molecule has 5 nitrogen and oxygen atoms in total. The molecule has 0 aliphatic rings. The number of anilines is 1. The lowest BCUT2D eigenvalue weighted by Gasteiger charge is -2.23. The van der Waals surface area contributed by atoms with Gasteiger partial charge in [-0.2, -0.15) is 4.31 Å². The summed E-state index contributed by atoms with van der Waals surface area (Å²) in [6.45, 7) is 2.17. The number of benzene rings is 1. The summed E-state index contributed by atoms with van der Waals surface area (Å²) >= 11 is 0. The average molecular weight is 272 g/mol. The maximum Gasteiger partial charge on any atom is 0.243 e. The molecule has 0 fully saturated rings. The highest BCUT2D eigenvalue weighted by Gasteiger charge is 2.25. The van der Waals surface area contributed by atoms with Crippen molar-refractivity contribution in [3.63, 3.8) is 0 Å². The van der Waals surface area contributed by atoms with Crippen molar-refractivity contribution in [3.05, 3.63) is 24.3 Å². The molecule has 0 heterocycles. The fourth-order valence-corrected chi connectivity index (χ4v) is 2.89. The van der Waals surface area contributed by atoms with E-state index in [9.17, 15) is 8.42 Å². The quantitative estimate of drug-likeness (QED) is 0.850. The van der Waals surface area contributed by atoms with E-state index in [2.05, 4.69) is 5.32 Å². The largest absolute Gasteiger partial charge is 0.388 e. The molecular formula is C12H20N2O3S. The fourth-order valence-electron chi connectivity index (χ4n) is 1.54. The summed E-state index contributed by atoms with van der Waals surface area (Å²) in [7, 11) is 1.44. The third-order valence-electron chi connectivity index (χ3n) is 2.85. The molecule has 1 aromatic carbocycles. The van der Waals surface area contributed by atoms with E-state index in [0.717, 1.165) is 5.69 Å². The molecule has 1 atom stereocenters. The second-order valence-electron chi connectivity index (χ2n) is 4.10. The number of likely N-dealkylation sites (N-methyl/N-ethyl adjacent to an activating group) is 1. The molecule has 102 valence electrons. The standard InChI is InChI=1S/C12H20N2O3S/c1-10(9-17-4)14(3)18(15,16)12-7-5-11(13-2)6-8-12/h5-8,10,13H,9H2,1-4H3. The maximum atomic E-state index is 12.3. The Kier molecular flexibility index (Phi) is 5.13. The Bertz CT molecular complexity index is 471. The summed E-state index contributed by atoms with van der Waals surface area (Å²) in [5.74, 6) is 0. The Morgan fingerprint density at radius 3 is 2.33 bits per heavy atom. The number of nitrogens with one attached hydrogen (secondary N) is 1. The Balaban J connectivity index is 2.97. The Hall–Kier alpha value is -1.11. The summed E-state index contributed by atoms with van der Waals surface area (Å²) in [5, 5.41) is 2.95. The van der Waals surface area contributed by atoms with Gasteiger partial charge in [-0.3, -0.25) is 0 Å². The van der Waals surface area contributed by atoms with E-state index in [1.165, 1.54) is 4.31 Å². The van der Waals surface area contributed by atoms with Gasteiger partial charge in [0, 0.05) is 32.9 Å². The van der Waals surface area contributed by atoms with Crippen molar-refractivity contribution in [2.24, 2.45) is 0 Å². The molecule has 0 saturated carbocycles. The summed E-state index contributed by atoms with van der Waals surface area (Å²) < 4.78 is 30.9. The topological polar surface area (TPSA) is 58.6 Å². The van der Waals surface area contributed by atoms with Crippen LogP contribution in [0, 0.1) is 0 Å². The number of ether oxygens (including phenoxy) is 1. The van der Waals surface area contributed by atoms with Crippen LogP contribution in [-0.4, -0.2) is 46.6 Å². The average Bonchev–Trinajstić information content (AvgIpc) is 2.38. The van der Waals surface area contributed by atoms with Gasteiger partial charge in [0.1, 0.15) is 0 Å². The zero-order chi connectivity index (χ0) is 13.8. The highest BCUT2D eigenvalue weighted by Crippen LogP contribution is 2.18. The molecule has 1 rings (SSSR count). The van der Waals surface area contributed by atoms with Crippen molar-refractivity contribution < 1.29 is 13.2 Å². The molecule has 0 radical (unpaired) electrons. The fraction of sp³-hybridized carbons (Fsp3) is 0.500. The van der Waals surface area contributed by atoms with Gasteiger partial charge in [-0.15, -0.1) is 0 Å². The zero-order valence-corrected chi connectivity index (χ0v) is 12.0. The molecule has 0 spiro atoms. The van der Waals surface area contributed by atoms with Crippen LogP contribution in [0.15, 0.2) is 29.2 Å².